The number of nitrogens with one attached hydrogen (secondary N) is 1. The van der Waals surface area contributed by atoms with Crippen molar-refractivity contribution >= 4 is 5.91 Å². The van der Waals surface area contributed by atoms with E-state index in [-0.39, 0.29) is 17.9 Å². The fourth-order valence-corrected chi connectivity index (χ4v) is 4.23. The van der Waals surface area contributed by atoms with Gasteiger partial charge in [0.1, 0.15) is 0 Å². The number of likely N-dealkylation sites (tertiary alicyclic amines) is 1. The second-order valence-corrected chi connectivity index (χ2v) is 7.85. The molecule has 3 N–H and O–H groups in total. The average molecular weight is 400 g/mol. The number of amides is 1. The molecular formula is C21H32F3N3O. The zero-order chi connectivity index (χ0) is 20.9. The second kappa shape index (κ2) is 9.27. The Morgan fingerprint density at radius 3 is 2.32 bits per heavy atom. The highest BCUT2D eigenvalue weighted by molar-refractivity contribution is 5.82. The molecule has 4 nitrogen and oxygen atoms in total. The zero-order valence-electron chi connectivity index (χ0n) is 17.0. The number of alkyl halides is 3. The third kappa shape index (κ3) is 4.87. The lowest BCUT2D eigenvalue weighted by Gasteiger charge is -2.40. The SMILES string of the molecule is CCC(CC)(CN)C(=O)NCC1CCCN(C)C1c1ccc(C(F)(F)F)cc1. The molecule has 1 aromatic carbocycles. The number of benzene rings is 1. The topological polar surface area (TPSA) is 58.4 Å². The van der Waals surface area contributed by atoms with E-state index in [1.807, 2.05) is 20.9 Å². The van der Waals surface area contributed by atoms with Crippen molar-refractivity contribution in [2.24, 2.45) is 17.1 Å². The van der Waals surface area contributed by atoms with Gasteiger partial charge in [-0.05, 0) is 62.9 Å². The van der Waals surface area contributed by atoms with E-state index in [0.717, 1.165) is 37.1 Å². The summed E-state index contributed by atoms with van der Waals surface area (Å²) in [5, 5.41) is 3.08. The highest BCUT2D eigenvalue weighted by Crippen LogP contribution is 2.37. The molecule has 1 aliphatic heterocycles. The summed E-state index contributed by atoms with van der Waals surface area (Å²) in [6, 6.07) is 5.38. The first-order valence-corrected chi connectivity index (χ1v) is 10.0. The van der Waals surface area contributed by atoms with Crippen LogP contribution in [0.3, 0.4) is 0 Å². The first-order valence-electron chi connectivity index (χ1n) is 10.0. The van der Waals surface area contributed by atoms with Gasteiger partial charge in [0.05, 0.1) is 11.0 Å². The van der Waals surface area contributed by atoms with Gasteiger partial charge in [-0.25, -0.2) is 0 Å². The van der Waals surface area contributed by atoms with E-state index in [1.54, 1.807) is 12.1 Å². The van der Waals surface area contributed by atoms with Crippen molar-refractivity contribution in [3.63, 3.8) is 0 Å². The van der Waals surface area contributed by atoms with Crippen LogP contribution in [-0.2, 0) is 11.0 Å². The fraction of sp³-hybridized carbons (Fsp3) is 0.667. The molecule has 1 aromatic rings. The summed E-state index contributed by atoms with van der Waals surface area (Å²) >= 11 is 0. The molecule has 0 bridgehead atoms. The minimum Gasteiger partial charge on any atom is -0.355 e. The van der Waals surface area contributed by atoms with Crippen LogP contribution in [0.2, 0.25) is 0 Å². The maximum Gasteiger partial charge on any atom is 0.416 e. The molecule has 1 fully saturated rings. The molecular weight excluding hydrogens is 367 g/mol. The number of carbonyl (C=O) groups is 1. The lowest BCUT2D eigenvalue weighted by Crippen LogP contribution is -2.48. The lowest BCUT2D eigenvalue weighted by atomic mass is 9.80. The molecule has 0 aliphatic carbocycles. The van der Waals surface area contributed by atoms with Gasteiger partial charge in [0, 0.05) is 19.1 Å². The molecule has 0 aromatic heterocycles. The van der Waals surface area contributed by atoms with Gasteiger partial charge in [0.2, 0.25) is 5.91 Å². The molecule has 2 rings (SSSR count). The molecule has 1 aliphatic rings. The predicted molar refractivity (Wildman–Crippen MR) is 105 cm³/mol. The number of rotatable bonds is 7. The van der Waals surface area contributed by atoms with E-state index in [1.165, 1.54) is 0 Å². The van der Waals surface area contributed by atoms with E-state index in [2.05, 4.69) is 10.2 Å². The second-order valence-electron chi connectivity index (χ2n) is 7.85. The van der Waals surface area contributed by atoms with Gasteiger partial charge in [0.15, 0.2) is 0 Å². The predicted octanol–water partition coefficient (Wildman–Crippen LogP) is 3.97. The van der Waals surface area contributed by atoms with Crippen LogP contribution in [-0.4, -0.2) is 37.5 Å². The van der Waals surface area contributed by atoms with Crippen LogP contribution in [0.25, 0.3) is 0 Å². The molecule has 1 heterocycles. The Balaban J connectivity index is 2.15. The molecule has 0 saturated carbocycles. The van der Waals surface area contributed by atoms with Gasteiger partial charge < -0.3 is 11.1 Å². The Labute approximate surface area is 165 Å². The monoisotopic (exact) mass is 399 g/mol. The summed E-state index contributed by atoms with van der Waals surface area (Å²) in [7, 11) is 1.98. The molecule has 2 unspecified atom stereocenters. The van der Waals surface area contributed by atoms with E-state index >= 15 is 0 Å². The summed E-state index contributed by atoms with van der Waals surface area (Å²) in [6.45, 7) is 5.62. The molecule has 1 amide bonds. The number of hydrogen-bond acceptors (Lipinski definition) is 3. The number of piperidine rings is 1. The Morgan fingerprint density at radius 2 is 1.82 bits per heavy atom. The van der Waals surface area contributed by atoms with Crippen LogP contribution in [0.1, 0.15) is 56.7 Å². The molecule has 7 heteroatoms. The summed E-state index contributed by atoms with van der Waals surface area (Å²) < 4.78 is 38.6. The average Bonchev–Trinajstić information content (AvgIpc) is 2.67. The van der Waals surface area contributed by atoms with Gasteiger partial charge >= 0.3 is 6.18 Å². The molecule has 158 valence electrons. The minimum atomic E-state index is -4.34. The van der Waals surface area contributed by atoms with Crippen LogP contribution in [0.15, 0.2) is 24.3 Å². The summed E-state index contributed by atoms with van der Waals surface area (Å²) in [5.41, 5.74) is 5.53. The van der Waals surface area contributed by atoms with Crippen molar-refractivity contribution in [1.82, 2.24) is 10.2 Å². The molecule has 0 spiro atoms. The van der Waals surface area contributed by atoms with Gasteiger partial charge in [-0.3, -0.25) is 9.69 Å². The molecule has 1 saturated heterocycles. The first kappa shape index (κ1) is 22.7. The summed E-state index contributed by atoms with van der Waals surface area (Å²) in [5.74, 6) is 0.114. The number of nitrogens with zero attached hydrogens (tertiary/aromatic N) is 1. The minimum absolute atomic E-state index is 0.0214. The lowest BCUT2D eigenvalue weighted by molar-refractivity contribution is -0.137. The third-order valence-corrected chi connectivity index (χ3v) is 6.34. The van der Waals surface area contributed by atoms with Gasteiger partial charge in [-0.15, -0.1) is 0 Å². The normalized spacial score (nSPS) is 21.5. The summed E-state index contributed by atoms with van der Waals surface area (Å²) in [4.78, 5) is 14.9. The number of carbonyl (C=O) groups excluding carboxylic acids is 1. The highest BCUT2D eigenvalue weighted by Gasteiger charge is 2.36. The maximum absolute atomic E-state index is 12.9. The van der Waals surface area contributed by atoms with Crippen LogP contribution in [0, 0.1) is 11.3 Å². The number of nitrogens with two attached hydrogens (primary N) is 1. The Kier molecular flexibility index (Phi) is 7.51. The van der Waals surface area contributed by atoms with Crippen molar-refractivity contribution in [1.29, 1.82) is 0 Å². The Morgan fingerprint density at radius 1 is 1.21 bits per heavy atom. The Bertz CT molecular complexity index is 633. The van der Waals surface area contributed by atoms with Crippen molar-refractivity contribution in [3.05, 3.63) is 35.4 Å². The van der Waals surface area contributed by atoms with Crippen LogP contribution < -0.4 is 11.1 Å². The van der Waals surface area contributed by atoms with Crippen molar-refractivity contribution in [3.8, 4) is 0 Å². The van der Waals surface area contributed by atoms with Crippen LogP contribution >= 0.6 is 0 Å². The van der Waals surface area contributed by atoms with Crippen molar-refractivity contribution < 1.29 is 18.0 Å². The quantitative estimate of drug-likeness (QED) is 0.729. The number of halogens is 3. The standard InChI is InChI=1S/C21H32F3N3O/c1-4-20(5-2,14-25)19(28)26-13-16-7-6-12-27(3)18(16)15-8-10-17(11-9-15)21(22,23)24/h8-11,16,18H,4-7,12-14,25H2,1-3H3,(H,26,28). The highest BCUT2D eigenvalue weighted by atomic mass is 19.4. The number of hydrogen-bond donors (Lipinski definition) is 2. The largest absolute Gasteiger partial charge is 0.416 e. The molecule has 28 heavy (non-hydrogen) atoms. The van der Waals surface area contributed by atoms with Gasteiger partial charge in [-0.2, -0.15) is 13.2 Å². The van der Waals surface area contributed by atoms with Gasteiger partial charge in [0.25, 0.3) is 0 Å². The smallest absolute Gasteiger partial charge is 0.355 e. The zero-order valence-corrected chi connectivity index (χ0v) is 17.0. The molecule has 0 radical (unpaired) electrons. The maximum atomic E-state index is 12.9. The van der Waals surface area contributed by atoms with E-state index < -0.39 is 17.2 Å². The van der Waals surface area contributed by atoms with Crippen LogP contribution in [0.5, 0.6) is 0 Å². The van der Waals surface area contributed by atoms with Crippen LogP contribution in [0.4, 0.5) is 13.2 Å². The third-order valence-electron chi connectivity index (χ3n) is 6.34. The summed E-state index contributed by atoms with van der Waals surface area (Å²) in [6.07, 6.45) is -1.06. The van der Waals surface area contributed by atoms with E-state index in [0.29, 0.717) is 25.9 Å². The fourth-order valence-electron chi connectivity index (χ4n) is 4.23. The molecule has 2 atom stereocenters. The Hall–Kier alpha value is -1.60. The van der Waals surface area contributed by atoms with E-state index in [9.17, 15) is 18.0 Å². The van der Waals surface area contributed by atoms with E-state index in [4.69, 9.17) is 5.73 Å². The van der Waals surface area contributed by atoms with Crippen molar-refractivity contribution in [2.75, 3.05) is 26.7 Å². The van der Waals surface area contributed by atoms with Crippen molar-refractivity contribution in [2.45, 2.75) is 51.7 Å². The van der Waals surface area contributed by atoms with Gasteiger partial charge in [-0.1, -0.05) is 26.0 Å². The first-order chi connectivity index (χ1) is 13.2.